The molecule has 0 spiro atoms. The summed E-state index contributed by atoms with van der Waals surface area (Å²) in [7, 11) is 1.67. The Balaban J connectivity index is 2.29. The van der Waals surface area contributed by atoms with Crippen LogP contribution in [-0.2, 0) is 0 Å². The van der Waals surface area contributed by atoms with Gasteiger partial charge >= 0.3 is 0 Å². The summed E-state index contributed by atoms with van der Waals surface area (Å²) in [5.41, 5.74) is 7.79. The van der Waals surface area contributed by atoms with Gasteiger partial charge in [-0.05, 0) is 37.3 Å². The first-order valence-electron chi connectivity index (χ1n) is 6.73. The third-order valence-electron chi connectivity index (χ3n) is 4.15. The van der Waals surface area contributed by atoms with Crippen LogP contribution in [0.15, 0.2) is 18.2 Å². The molecule has 1 heterocycles. The fourth-order valence-corrected chi connectivity index (χ4v) is 2.93. The van der Waals surface area contributed by atoms with E-state index >= 15 is 0 Å². The monoisotopic (exact) mass is 248 g/mol. The van der Waals surface area contributed by atoms with E-state index in [-0.39, 0.29) is 0 Å². The Bertz CT molecular complexity index is 419. The third kappa shape index (κ3) is 2.40. The highest BCUT2D eigenvalue weighted by atomic mass is 16.5. The number of nitrogens with zero attached hydrogens (tertiary/aromatic N) is 1. The van der Waals surface area contributed by atoms with Crippen molar-refractivity contribution in [2.75, 3.05) is 24.3 Å². The first-order valence-corrected chi connectivity index (χ1v) is 6.73. The van der Waals surface area contributed by atoms with Crippen LogP contribution in [0.5, 0.6) is 5.75 Å². The van der Waals surface area contributed by atoms with E-state index in [4.69, 9.17) is 10.5 Å². The number of rotatable bonds is 2. The summed E-state index contributed by atoms with van der Waals surface area (Å²) < 4.78 is 5.31. The molecule has 2 rings (SSSR count). The van der Waals surface area contributed by atoms with E-state index in [9.17, 15) is 0 Å². The average molecular weight is 248 g/mol. The SMILES string of the molecule is COc1cc(N2CC(C)CC(C)C2C)ccc1N. The molecule has 1 aliphatic rings. The van der Waals surface area contributed by atoms with Crippen molar-refractivity contribution in [1.82, 2.24) is 0 Å². The van der Waals surface area contributed by atoms with Crippen molar-refractivity contribution in [1.29, 1.82) is 0 Å². The molecule has 3 nitrogen and oxygen atoms in total. The fourth-order valence-electron chi connectivity index (χ4n) is 2.93. The Labute approximate surface area is 110 Å². The largest absolute Gasteiger partial charge is 0.495 e. The van der Waals surface area contributed by atoms with Crippen LogP contribution in [0.25, 0.3) is 0 Å². The van der Waals surface area contributed by atoms with E-state index in [0.717, 1.165) is 24.1 Å². The molecule has 100 valence electrons. The molecule has 3 unspecified atom stereocenters. The molecule has 0 bridgehead atoms. The summed E-state index contributed by atoms with van der Waals surface area (Å²) in [6, 6.07) is 6.65. The molecular formula is C15H24N2O. The lowest BCUT2D eigenvalue weighted by Gasteiger charge is -2.42. The van der Waals surface area contributed by atoms with Crippen LogP contribution in [0.1, 0.15) is 27.2 Å². The van der Waals surface area contributed by atoms with E-state index in [1.807, 2.05) is 6.07 Å². The summed E-state index contributed by atoms with van der Waals surface area (Å²) in [6.07, 6.45) is 1.31. The second kappa shape index (κ2) is 5.09. The maximum atomic E-state index is 5.88. The van der Waals surface area contributed by atoms with Gasteiger partial charge in [-0.3, -0.25) is 0 Å². The van der Waals surface area contributed by atoms with Gasteiger partial charge in [0.25, 0.3) is 0 Å². The fraction of sp³-hybridized carbons (Fsp3) is 0.600. The number of nitrogen functional groups attached to an aromatic ring is 1. The number of anilines is 2. The lowest BCUT2D eigenvalue weighted by atomic mass is 9.85. The van der Waals surface area contributed by atoms with Crippen molar-refractivity contribution in [3.63, 3.8) is 0 Å². The molecular weight excluding hydrogens is 224 g/mol. The summed E-state index contributed by atoms with van der Waals surface area (Å²) in [4.78, 5) is 2.47. The smallest absolute Gasteiger partial charge is 0.143 e. The quantitative estimate of drug-likeness (QED) is 0.817. The molecule has 18 heavy (non-hydrogen) atoms. The van der Waals surface area contributed by atoms with E-state index in [1.54, 1.807) is 7.11 Å². The molecule has 2 N–H and O–H groups in total. The van der Waals surface area contributed by atoms with Crippen LogP contribution in [0.2, 0.25) is 0 Å². The van der Waals surface area contributed by atoms with Crippen LogP contribution in [0, 0.1) is 11.8 Å². The zero-order valence-corrected chi connectivity index (χ0v) is 11.8. The zero-order valence-electron chi connectivity index (χ0n) is 11.8. The predicted octanol–water partition coefficient (Wildman–Crippen LogP) is 3.15. The molecule has 0 saturated carbocycles. The normalized spacial score (nSPS) is 28.2. The number of benzene rings is 1. The van der Waals surface area contributed by atoms with Crippen LogP contribution < -0.4 is 15.4 Å². The highest BCUT2D eigenvalue weighted by molar-refractivity contribution is 5.62. The minimum atomic E-state index is 0.564. The summed E-state index contributed by atoms with van der Waals surface area (Å²) in [5, 5.41) is 0. The first-order chi connectivity index (χ1) is 8.52. The van der Waals surface area contributed by atoms with Crippen molar-refractivity contribution in [2.45, 2.75) is 33.2 Å². The van der Waals surface area contributed by atoms with Crippen molar-refractivity contribution >= 4 is 11.4 Å². The van der Waals surface area contributed by atoms with Gasteiger partial charge in [0, 0.05) is 24.3 Å². The Hall–Kier alpha value is -1.38. The van der Waals surface area contributed by atoms with Crippen molar-refractivity contribution < 1.29 is 4.74 Å². The van der Waals surface area contributed by atoms with Gasteiger partial charge in [-0.25, -0.2) is 0 Å². The number of methoxy groups -OCH3 is 1. The Morgan fingerprint density at radius 1 is 1.28 bits per heavy atom. The lowest BCUT2D eigenvalue weighted by molar-refractivity contribution is 0.297. The number of hydrogen-bond acceptors (Lipinski definition) is 3. The molecule has 3 atom stereocenters. The van der Waals surface area contributed by atoms with E-state index in [1.165, 1.54) is 12.1 Å². The third-order valence-corrected chi connectivity index (χ3v) is 4.15. The molecule has 1 saturated heterocycles. The highest BCUT2D eigenvalue weighted by Crippen LogP contribution is 2.34. The average Bonchev–Trinajstić information content (AvgIpc) is 2.34. The van der Waals surface area contributed by atoms with Crippen LogP contribution in [-0.4, -0.2) is 19.7 Å². The molecule has 0 aromatic heterocycles. The number of piperidine rings is 1. The topological polar surface area (TPSA) is 38.5 Å². The lowest BCUT2D eigenvalue weighted by Crippen LogP contribution is -2.45. The minimum Gasteiger partial charge on any atom is -0.495 e. The van der Waals surface area contributed by atoms with Gasteiger partial charge in [0.2, 0.25) is 0 Å². The van der Waals surface area contributed by atoms with Crippen LogP contribution in [0.3, 0.4) is 0 Å². The van der Waals surface area contributed by atoms with Gasteiger partial charge in [-0.1, -0.05) is 13.8 Å². The Morgan fingerprint density at radius 3 is 2.67 bits per heavy atom. The second-order valence-electron chi connectivity index (χ2n) is 5.64. The van der Waals surface area contributed by atoms with Crippen molar-refractivity contribution in [2.24, 2.45) is 11.8 Å². The maximum absolute atomic E-state index is 5.88. The van der Waals surface area contributed by atoms with Gasteiger partial charge in [-0.15, -0.1) is 0 Å². The van der Waals surface area contributed by atoms with Crippen molar-refractivity contribution in [3.05, 3.63) is 18.2 Å². The zero-order chi connectivity index (χ0) is 13.3. The van der Waals surface area contributed by atoms with E-state index in [0.29, 0.717) is 11.7 Å². The number of ether oxygens (including phenoxy) is 1. The molecule has 1 fully saturated rings. The molecule has 0 amide bonds. The Morgan fingerprint density at radius 2 is 2.00 bits per heavy atom. The summed E-state index contributed by atoms with van der Waals surface area (Å²) in [6.45, 7) is 8.07. The molecule has 0 aliphatic carbocycles. The second-order valence-corrected chi connectivity index (χ2v) is 5.64. The van der Waals surface area contributed by atoms with Crippen LogP contribution in [0.4, 0.5) is 11.4 Å². The molecule has 0 radical (unpaired) electrons. The number of nitrogens with two attached hydrogens (primary N) is 1. The van der Waals surface area contributed by atoms with Crippen molar-refractivity contribution in [3.8, 4) is 5.75 Å². The van der Waals surface area contributed by atoms with Gasteiger partial charge in [0.1, 0.15) is 5.75 Å². The molecule has 1 aromatic rings. The minimum absolute atomic E-state index is 0.564. The number of hydrogen-bond donors (Lipinski definition) is 1. The van der Waals surface area contributed by atoms with E-state index < -0.39 is 0 Å². The molecule has 3 heteroatoms. The standard InChI is InChI=1S/C15H24N2O/c1-10-7-11(2)12(3)17(9-10)13-5-6-14(16)15(8-13)18-4/h5-6,8,10-12H,7,9,16H2,1-4H3. The Kier molecular flexibility index (Phi) is 3.69. The van der Waals surface area contributed by atoms with Gasteiger partial charge in [0.15, 0.2) is 0 Å². The summed E-state index contributed by atoms with van der Waals surface area (Å²) in [5.74, 6) is 2.22. The van der Waals surface area contributed by atoms with Crippen LogP contribution >= 0.6 is 0 Å². The van der Waals surface area contributed by atoms with Gasteiger partial charge in [-0.2, -0.15) is 0 Å². The van der Waals surface area contributed by atoms with E-state index in [2.05, 4.69) is 37.8 Å². The maximum Gasteiger partial charge on any atom is 0.143 e. The molecule has 1 aromatic carbocycles. The predicted molar refractivity (Wildman–Crippen MR) is 77.2 cm³/mol. The van der Waals surface area contributed by atoms with Gasteiger partial charge in [0.05, 0.1) is 12.8 Å². The first kappa shape index (κ1) is 13.1. The van der Waals surface area contributed by atoms with Gasteiger partial charge < -0.3 is 15.4 Å². The summed E-state index contributed by atoms with van der Waals surface area (Å²) >= 11 is 0. The molecule has 1 aliphatic heterocycles. The highest BCUT2D eigenvalue weighted by Gasteiger charge is 2.29.